The van der Waals surface area contributed by atoms with Gasteiger partial charge in [0.25, 0.3) is 5.91 Å². The molecule has 0 unspecified atom stereocenters. The van der Waals surface area contributed by atoms with Gasteiger partial charge in [-0.3, -0.25) is 4.79 Å². The van der Waals surface area contributed by atoms with Crippen molar-refractivity contribution in [2.24, 2.45) is 0 Å². The number of hydrogen-bond donors (Lipinski definition) is 1. The van der Waals surface area contributed by atoms with Gasteiger partial charge in [-0.2, -0.15) is 0 Å². The van der Waals surface area contributed by atoms with Crippen LogP contribution in [-0.4, -0.2) is 20.9 Å². The molecule has 136 valence electrons. The summed E-state index contributed by atoms with van der Waals surface area (Å²) in [7, 11) is 0. The number of rotatable bonds is 3. The first-order chi connectivity index (χ1) is 13.7. The minimum absolute atomic E-state index is 0.137. The smallest absolute Gasteiger partial charge is 0.255 e. The first-order valence-electron chi connectivity index (χ1n) is 8.65. The highest BCUT2D eigenvalue weighted by atomic mass is 32.1. The van der Waals surface area contributed by atoms with Crippen molar-refractivity contribution in [3.63, 3.8) is 0 Å². The molecule has 1 amide bonds. The van der Waals surface area contributed by atoms with Crippen LogP contribution in [0.2, 0.25) is 0 Å². The number of hydrogen-bond acceptors (Lipinski definition) is 6. The van der Waals surface area contributed by atoms with Crippen LogP contribution in [0.15, 0.2) is 60.2 Å². The Hall–Kier alpha value is -3.16. The van der Waals surface area contributed by atoms with E-state index >= 15 is 0 Å². The first-order valence-corrected chi connectivity index (χ1v) is 10.3. The number of aromatic nitrogens is 3. The van der Waals surface area contributed by atoms with Crippen molar-refractivity contribution in [3.8, 4) is 10.6 Å². The summed E-state index contributed by atoms with van der Waals surface area (Å²) in [5.41, 5.74) is 6.95. The minimum atomic E-state index is -0.137. The molecular weight excluding hydrogens is 388 g/mol. The fourth-order valence-electron chi connectivity index (χ4n) is 3.08. The summed E-state index contributed by atoms with van der Waals surface area (Å²) in [6, 6.07) is 15.3. The molecule has 1 N–H and O–H groups in total. The van der Waals surface area contributed by atoms with E-state index in [0.717, 1.165) is 42.4 Å². The molecule has 5 rings (SSSR count). The Morgan fingerprint density at radius 3 is 2.86 bits per heavy atom. The summed E-state index contributed by atoms with van der Waals surface area (Å²) >= 11 is 3.08. The third-order valence-electron chi connectivity index (χ3n) is 4.57. The van der Waals surface area contributed by atoms with Gasteiger partial charge in [-0.15, -0.1) is 11.3 Å². The van der Waals surface area contributed by atoms with Crippen LogP contribution < -0.4 is 5.32 Å². The molecule has 0 spiro atoms. The van der Waals surface area contributed by atoms with Crippen molar-refractivity contribution in [2.45, 2.75) is 6.92 Å². The Kier molecular flexibility index (Phi) is 4.11. The third kappa shape index (κ3) is 2.94. The Balaban J connectivity index is 1.48. The van der Waals surface area contributed by atoms with E-state index in [1.54, 1.807) is 29.1 Å². The number of benzene rings is 2. The maximum atomic E-state index is 12.8. The molecule has 3 aromatic heterocycles. The second-order valence-corrected chi connectivity index (χ2v) is 8.18. The molecule has 5 aromatic rings. The molecule has 0 radical (unpaired) electrons. The topological polar surface area (TPSA) is 67.8 Å². The van der Waals surface area contributed by atoms with Gasteiger partial charge in [0, 0.05) is 23.0 Å². The van der Waals surface area contributed by atoms with Crippen LogP contribution in [0, 0.1) is 6.92 Å². The number of anilines is 1. The van der Waals surface area contributed by atoms with Gasteiger partial charge in [0.15, 0.2) is 0 Å². The third-order valence-corrected chi connectivity index (χ3v) is 6.38. The van der Waals surface area contributed by atoms with Crippen molar-refractivity contribution in [3.05, 3.63) is 71.4 Å². The zero-order valence-corrected chi connectivity index (χ0v) is 16.5. The molecule has 0 fully saturated rings. The number of carbonyl (C=O) groups excluding carboxylic acids is 1. The van der Waals surface area contributed by atoms with Crippen LogP contribution in [0.25, 0.3) is 31.1 Å². The van der Waals surface area contributed by atoms with Gasteiger partial charge in [-0.05, 0) is 48.9 Å². The van der Waals surface area contributed by atoms with Crippen molar-refractivity contribution in [1.82, 2.24) is 15.0 Å². The number of carbonyl (C=O) groups is 1. The zero-order valence-electron chi connectivity index (χ0n) is 14.8. The number of amides is 1. The number of fused-ring (bicyclic) bond motifs is 2. The van der Waals surface area contributed by atoms with E-state index in [-0.39, 0.29) is 5.91 Å². The highest BCUT2D eigenvalue weighted by molar-refractivity contribution is 7.21. The van der Waals surface area contributed by atoms with E-state index < -0.39 is 0 Å². The maximum Gasteiger partial charge on any atom is 0.255 e. The molecule has 5 nitrogen and oxygen atoms in total. The molecule has 28 heavy (non-hydrogen) atoms. The summed E-state index contributed by atoms with van der Waals surface area (Å²) in [6.45, 7) is 2.00. The van der Waals surface area contributed by atoms with Gasteiger partial charge in [-0.1, -0.05) is 23.5 Å². The lowest BCUT2D eigenvalue weighted by Crippen LogP contribution is -2.12. The van der Waals surface area contributed by atoms with E-state index in [1.807, 2.05) is 49.4 Å². The highest BCUT2D eigenvalue weighted by Crippen LogP contribution is 2.33. The molecular formula is C21H14N4OS2. The van der Waals surface area contributed by atoms with E-state index in [9.17, 15) is 4.79 Å². The fraction of sp³-hybridized carbons (Fsp3) is 0.0476. The second-order valence-electron chi connectivity index (χ2n) is 6.31. The summed E-state index contributed by atoms with van der Waals surface area (Å²) < 4.78 is 1.00. The largest absolute Gasteiger partial charge is 0.322 e. The van der Waals surface area contributed by atoms with E-state index in [2.05, 4.69) is 20.3 Å². The van der Waals surface area contributed by atoms with Gasteiger partial charge in [0.2, 0.25) is 0 Å². The zero-order chi connectivity index (χ0) is 19.1. The van der Waals surface area contributed by atoms with Crippen LogP contribution in [0.3, 0.4) is 0 Å². The number of pyridine rings is 1. The molecule has 3 heterocycles. The number of nitrogens with zero attached hydrogens (tertiary/aromatic N) is 3. The molecule has 0 saturated carbocycles. The fourth-order valence-corrected chi connectivity index (χ4v) is 4.78. The van der Waals surface area contributed by atoms with Crippen LogP contribution in [0.5, 0.6) is 0 Å². The van der Waals surface area contributed by atoms with Crippen LogP contribution in [0.4, 0.5) is 5.69 Å². The van der Waals surface area contributed by atoms with Gasteiger partial charge in [0.1, 0.15) is 15.4 Å². The molecule has 0 atom stereocenters. The molecule has 0 aliphatic rings. The quantitative estimate of drug-likeness (QED) is 0.431. The SMILES string of the molecule is Cc1c(NC(=O)c2ccc3ncsc3c2)cccc1-c1nc2cccnc2s1. The van der Waals surface area contributed by atoms with Crippen LogP contribution in [0.1, 0.15) is 15.9 Å². The Morgan fingerprint density at radius 2 is 1.96 bits per heavy atom. The van der Waals surface area contributed by atoms with E-state index in [4.69, 9.17) is 0 Å². The molecule has 0 saturated heterocycles. The summed E-state index contributed by atoms with van der Waals surface area (Å²) in [4.78, 5) is 27.0. The lowest BCUT2D eigenvalue weighted by molar-refractivity contribution is 0.102. The van der Waals surface area contributed by atoms with Gasteiger partial charge < -0.3 is 5.32 Å². The molecule has 2 aromatic carbocycles. The molecule has 0 bridgehead atoms. The Labute approximate surface area is 168 Å². The predicted molar refractivity (Wildman–Crippen MR) is 115 cm³/mol. The second kappa shape index (κ2) is 6.78. The molecule has 0 aliphatic carbocycles. The Morgan fingerprint density at radius 1 is 1.04 bits per heavy atom. The lowest BCUT2D eigenvalue weighted by Gasteiger charge is -2.11. The summed E-state index contributed by atoms with van der Waals surface area (Å²) in [5, 5.41) is 3.93. The highest BCUT2D eigenvalue weighted by Gasteiger charge is 2.14. The first kappa shape index (κ1) is 17.0. The standard InChI is InChI=1S/C21H14N4OS2/c1-12-14(20-25-17-6-3-9-22-21(17)28-20)4-2-5-15(12)24-19(26)13-7-8-16-18(10-13)27-11-23-16/h2-11H,1H3,(H,24,26). The number of nitrogens with one attached hydrogen (secondary N) is 1. The Bertz CT molecular complexity index is 1310. The van der Waals surface area contributed by atoms with Gasteiger partial charge in [-0.25, -0.2) is 15.0 Å². The van der Waals surface area contributed by atoms with Crippen molar-refractivity contribution >= 4 is 54.8 Å². The van der Waals surface area contributed by atoms with Gasteiger partial charge in [0.05, 0.1) is 15.7 Å². The van der Waals surface area contributed by atoms with Crippen LogP contribution >= 0.6 is 22.7 Å². The average Bonchev–Trinajstić information content (AvgIpc) is 3.35. The van der Waals surface area contributed by atoms with Crippen molar-refractivity contribution in [2.75, 3.05) is 5.32 Å². The lowest BCUT2D eigenvalue weighted by atomic mass is 10.1. The van der Waals surface area contributed by atoms with Crippen molar-refractivity contribution < 1.29 is 4.79 Å². The van der Waals surface area contributed by atoms with Gasteiger partial charge >= 0.3 is 0 Å². The van der Waals surface area contributed by atoms with Crippen molar-refractivity contribution in [1.29, 1.82) is 0 Å². The number of thiazole rings is 2. The monoisotopic (exact) mass is 402 g/mol. The predicted octanol–water partition coefficient (Wildman–Crippen LogP) is 5.53. The normalized spacial score (nSPS) is 11.2. The maximum absolute atomic E-state index is 12.8. The molecule has 0 aliphatic heterocycles. The van der Waals surface area contributed by atoms with E-state index in [1.165, 1.54) is 11.3 Å². The molecule has 7 heteroatoms. The summed E-state index contributed by atoms with van der Waals surface area (Å²) in [6.07, 6.45) is 1.77. The van der Waals surface area contributed by atoms with Crippen LogP contribution in [-0.2, 0) is 0 Å². The summed E-state index contributed by atoms with van der Waals surface area (Å²) in [5.74, 6) is -0.137. The average molecular weight is 403 g/mol. The van der Waals surface area contributed by atoms with E-state index in [0.29, 0.717) is 5.56 Å². The minimum Gasteiger partial charge on any atom is -0.322 e.